The van der Waals surface area contributed by atoms with Crippen LogP contribution >= 0.6 is 0 Å². The first kappa shape index (κ1) is 18.2. The van der Waals surface area contributed by atoms with Crippen LogP contribution in [0.2, 0.25) is 0 Å². The SMILES string of the molecule is Cc1ccc(N2C(=O)NC(=O)[C@H](C=NCCN3CCNCC3)C2=O)cc1. The molecular formula is C18H23N5O3. The van der Waals surface area contributed by atoms with Crippen LogP contribution in [-0.4, -0.2) is 68.2 Å². The lowest BCUT2D eigenvalue weighted by atomic mass is 10.1. The Morgan fingerprint density at radius 1 is 1.15 bits per heavy atom. The minimum atomic E-state index is -1.09. The van der Waals surface area contributed by atoms with Crippen LogP contribution in [0.15, 0.2) is 29.3 Å². The molecule has 8 heteroatoms. The lowest BCUT2D eigenvalue weighted by Gasteiger charge is -2.28. The molecule has 138 valence electrons. The predicted molar refractivity (Wildman–Crippen MR) is 98.4 cm³/mol. The van der Waals surface area contributed by atoms with E-state index in [2.05, 4.69) is 20.5 Å². The maximum atomic E-state index is 12.7. The number of hydrogen-bond donors (Lipinski definition) is 2. The van der Waals surface area contributed by atoms with E-state index in [9.17, 15) is 14.4 Å². The maximum Gasteiger partial charge on any atom is 0.335 e. The van der Waals surface area contributed by atoms with Gasteiger partial charge in [0.05, 0.1) is 12.2 Å². The monoisotopic (exact) mass is 357 g/mol. The molecule has 2 heterocycles. The summed E-state index contributed by atoms with van der Waals surface area (Å²) in [4.78, 5) is 44.3. The molecule has 8 nitrogen and oxygen atoms in total. The molecule has 0 spiro atoms. The zero-order valence-corrected chi connectivity index (χ0v) is 14.8. The number of benzene rings is 1. The second-order valence-corrected chi connectivity index (χ2v) is 6.43. The molecule has 0 radical (unpaired) electrons. The van der Waals surface area contributed by atoms with E-state index in [0.29, 0.717) is 12.2 Å². The van der Waals surface area contributed by atoms with Gasteiger partial charge in [-0.15, -0.1) is 0 Å². The molecule has 2 N–H and O–H groups in total. The molecule has 0 aliphatic carbocycles. The number of carbonyl (C=O) groups excluding carboxylic acids is 3. The molecule has 26 heavy (non-hydrogen) atoms. The largest absolute Gasteiger partial charge is 0.335 e. The maximum absolute atomic E-state index is 12.7. The highest BCUT2D eigenvalue weighted by atomic mass is 16.2. The van der Waals surface area contributed by atoms with Gasteiger partial charge in [0.25, 0.3) is 5.91 Å². The first-order valence-corrected chi connectivity index (χ1v) is 8.75. The molecule has 0 unspecified atom stereocenters. The second kappa shape index (κ2) is 8.20. The molecule has 0 saturated carbocycles. The average molecular weight is 357 g/mol. The Balaban J connectivity index is 1.65. The number of amides is 4. The molecule has 0 bridgehead atoms. The Kier molecular flexibility index (Phi) is 5.75. The van der Waals surface area contributed by atoms with Gasteiger partial charge in [-0.2, -0.15) is 0 Å². The minimum Gasteiger partial charge on any atom is -0.314 e. The van der Waals surface area contributed by atoms with Crippen molar-refractivity contribution < 1.29 is 14.4 Å². The third-order valence-electron chi connectivity index (χ3n) is 4.50. The van der Waals surface area contributed by atoms with Crippen molar-refractivity contribution in [2.24, 2.45) is 10.9 Å². The number of aryl methyl sites for hydroxylation is 1. The molecule has 2 saturated heterocycles. The lowest BCUT2D eigenvalue weighted by molar-refractivity contribution is -0.131. The lowest BCUT2D eigenvalue weighted by Crippen LogP contribution is -2.58. The standard InChI is InChI=1S/C18H23N5O3/c1-13-2-4-14(5-3-13)23-17(25)15(16(24)21-18(23)26)12-20-8-11-22-9-6-19-7-10-22/h2-5,12,15,19H,6-11H2,1H3,(H,21,24,26)/t15-/m0/s1. The Hall–Kier alpha value is -2.58. The summed E-state index contributed by atoms with van der Waals surface area (Å²) in [5, 5.41) is 5.51. The summed E-state index contributed by atoms with van der Waals surface area (Å²) < 4.78 is 0. The van der Waals surface area contributed by atoms with Crippen LogP contribution in [0, 0.1) is 12.8 Å². The predicted octanol–water partition coefficient (Wildman–Crippen LogP) is 0.170. The molecule has 2 fully saturated rings. The van der Waals surface area contributed by atoms with Gasteiger partial charge in [0.15, 0.2) is 5.92 Å². The van der Waals surface area contributed by atoms with Crippen LogP contribution in [0.4, 0.5) is 10.5 Å². The number of nitrogens with zero attached hydrogens (tertiary/aromatic N) is 3. The molecule has 2 aliphatic heterocycles. The Morgan fingerprint density at radius 2 is 1.85 bits per heavy atom. The third-order valence-corrected chi connectivity index (χ3v) is 4.50. The molecule has 4 amide bonds. The van der Waals surface area contributed by atoms with Gasteiger partial charge in [-0.3, -0.25) is 24.8 Å². The fraction of sp³-hybridized carbons (Fsp3) is 0.444. The van der Waals surface area contributed by atoms with E-state index < -0.39 is 23.8 Å². The van der Waals surface area contributed by atoms with Crippen molar-refractivity contribution in [3.8, 4) is 0 Å². The van der Waals surface area contributed by atoms with Crippen LogP contribution in [-0.2, 0) is 9.59 Å². The van der Waals surface area contributed by atoms with E-state index in [4.69, 9.17) is 0 Å². The number of piperazine rings is 1. The number of barbiturate groups is 1. The number of aliphatic imine (C=N–C) groups is 1. The van der Waals surface area contributed by atoms with Crippen molar-refractivity contribution in [1.29, 1.82) is 0 Å². The molecule has 2 aliphatic rings. The Morgan fingerprint density at radius 3 is 2.54 bits per heavy atom. The molecule has 0 aromatic heterocycles. The number of hydrogen-bond acceptors (Lipinski definition) is 6. The molecular weight excluding hydrogens is 334 g/mol. The molecule has 1 aromatic carbocycles. The number of anilines is 1. The normalized spacial score (nSPS) is 22.1. The Bertz CT molecular complexity index is 710. The van der Waals surface area contributed by atoms with Crippen LogP contribution in [0.1, 0.15) is 5.56 Å². The van der Waals surface area contributed by atoms with Gasteiger partial charge in [-0.05, 0) is 19.1 Å². The van der Waals surface area contributed by atoms with Gasteiger partial charge in [0, 0.05) is 38.9 Å². The molecule has 3 rings (SSSR count). The van der Waals surface area contributed by atoms with Gasteiger partial charge < -0.3 is 5.32 Å². The molecule has 1 atom stereocenters. The number of urea groups is 1. The van der Waals surface area contributed by atoms with Crippen LogP contribution in [0.5, 0.6) is 0 Å². The van der Waals surface area contributed by atoms with Crippen LogP contribution < -0.4 is 15.5 Å². The smallest absolute Gasteiger partial charge is 0.314 e. The zero-order chi connectivity index (χ0) is 18.5. The highest BCUT2D eigenvalue weighted by molar-refractivity contribution is 6.32. The molecule has 1 aromatic rings. The fourth-order valence-electron chi connectivity index (χ4n) is 2.97. The van der Waals surface area contributed by atoms with Crippen molar-refractivity contribution in [2.45, 2.75) is 6.92 Å². The van der Waals surface area contributed by atoms with E-state index in [0.717, 1.165) is 43.2 Å². The quantitative estimate of drug-likeness (QED) is 0.579. The number of carbonyl (C=O) groups is 3. The van der Waals surface area contributed by atoms with Gasteiger partial charge in [-0.1, -0.05) is 17.7 Å². The second-order valence-electron chi connectivity index (χ2n) is 6.43. The number of nitrogens with one attached hydrogen (secondary N) is 2. The van der Waals surface area contributed by atoms with E-state index in [1.54, 1.807) is 12.1 Å². The van der Waals surface area contributed by atoms with Crippen molar-refractivity contribution >= 4 is 29.7 Å². The highest BCUT2D eigenvalue weighted by Gasteiger charge is 2.40. The van der Waals surface area contributed by atoms with Crippen molar-refractivity contribution in [3.05, 3.63) is 29.8 Å². The van der Waals surface area contributed by atoms with Crippen molar-refractivity contribution in [2.75, 3.05) is 44.2 Å². The zero-order valence-electron chi connectivity index (χ0n) is 14.8. The van der Waals surface area contributed by atoms with E-state index >= 15 is 0 Å². The summed E-state index contributed by atoms with van der Waals surface area (Å²) in [6.07, 6.45) is 1.35. The first-order valence-electron chi connectivity index (χ1n) is 8.75. The average Bonchev–Trinajstić information content (AvgIpc) is 2.63. The third kappa shape index (κ3) is 4.14. The topological polar surface area (TPSA) is 94.1 Å². The van der Waals surface area contributed by atoms with Gasteiger partial charge in [-0.25, -0.2) is 9.69 Å². The van der Waals surface area contributed by atoms with Crippen molar-refractivity contribution in [1.82, 2.24) is 15.5 Å². The number of rotatable bonds is 5. The summed E-state index contributed by atoms with van der Waals surface area (Å²) in [6.45, 7) is 7.06. The van der Waals surface area contributed by atoms with E-state index in [1.807, 2.05) is 19.1 Å². The summed E-state index contributed by atoms with van der Waals surface area (Å²) in [7, 11) is 0. The van der Waals surface area contributed by atoms with Crippen LogP contribution in [0.3, 0.4) is 0 Å². The minimum absolute atomic E-state index is 0.435. The number of imide groups is 2. The summed E-state index contributed by atoms with van der Waals surface area (Å²) in [6, 6.07) is 6.25. The van der Waals surface area contributed by atoms with E-state index in [-0.39, 0.29) is 0 Å². The summed E-state index contributed by atoms with van der Waals surface area (Å²) in [5.74, 6) is -2.29. The van der Waals surface area contributed by atoms with Gasteiger partial charge >= 0.3 is 6.03 Å². The highest BCUT2D eigenvalue weighted by Crippen LogP contribution is 2.20. The van der Waals surface area contributed by atoms with Gasteiger partial charge in [0.2, 0.25) is 5.91 Å². The van der Waals surface area contributed by atoms with Crippen LogP contribution in [0.25, 0.3) is 0 Å². The van der Waals surface area contributed by atoms with Gasteiger partial charge in [0.1, 0.15) is 0 Å². The van der Waals surface area contributed by atoms with Crippen molar-refractivity contribution in [3.63, 3.8) is 0 Å². The van der Waals surface area contributed by atoms with E-state index in [1.165, 1.54) is 6.21 Å². The summed E-state index contributed by atoms with van der Waals surface area (Å²) >= 11 is 0. The Labute approximate surface area is 152 Å². The first-order chi connectivity index (χ1) is 12.6. The fourth-order valence-corrected chi connectivity index (χ4v) is 2.97. The summed E-state index contributed by atoms with van der Waals surface area (Å²) in [5.41, 5.74) is 1.45.